The largest absolute Gasteiger partial charge is 0.504 e. The second kappa shape index (κ2) is 5.47. The first-order valence-corrected chi connectivity index (χ1v) is 6.89. The van der Waals surface area contributed by atoms with Crippen molar-refractivity contribution >= 4 is 0 Å². The molecule has 0 atom stereocenters. The normalized spacial score (nSPS) is 11.2. The van der Waals surface area contributed by atoms with Gasteiger partial charge in [0.05, 0.1) is 11.4 Å². The van der Waals surface area contributed by atoms with Crippen LogP contribution >= 0.6 is 0 Å². The zero-order chi connectivity index (χ0) is 14.0. The molecule has 0 radical (unpaired) electrons. The van der Waals surface area contributed by atoms with Crippen molar-refractivity contribution in [3.63, 3.8) is 0 Å². The summed E-state index contributed by atoms with van der Waals surface area (Å²) in [5.41, 5.74) is 3.90. The first-order chi connectivity index (χ1) is 9.02. The second-order valence-electron chi connectivity index (χ2n) is 5.44. The molecule has 0 amide bonds. The Kier molecular flexibility index (Phi) is 3.93. The van der Waals surface area contributed by atoms with Crippen molar-refractivity contribution in [1.82, 2.24) is 9.78 Å². The molecule has 2 rings (SSSR count). The minimum Gasteiger partial charge on any atom is -0.504 e. The maximum absolute atomic E-state index is 10.3. The number of rotatable bonds is 4. The summed E-state index contributed by atoms with van der Waals surface area (Å²) in [6.45, 7) is 8.38. The first-order valence-electron chi connectivity index (χ1n) is 6.89. The third-order valence-electron chi connectivity index (χ3n) is 3.21. The van der Waals surface area contributed by atoms with Gasteiger partial charge in [0.15, 0.2) is 5.75 Å². The van der Waals surface area contributed by atoms with Gasteiger partial charge in [-0.05, 0) is 43.4 Å². The van der Waals surface area contributed by atoms with Crippen LogP contribution < -0.4 is 0 Å². The summed E-state index contributed by atoms with van der Waals surface area (Å²) in [6, 6.07) is 8.21. The number of nitrogens with zero attached hydrogens (tertiary/aromatic N) is 2. The van der Waals surface area contributed by atoms with E-state index in [0.717, 1.165) is 29.9 Å². The van der Waals surface area contributed by atoms with Gasteiger partial charge in [-0.2, -0.15) is 5.10 Å². The van der Waals surface area contributed by atoms with Crippen LogP contribution in [0.3, 0.4) is 0 Å². The van der Waals surface area contributed by atoms with Crippen LogP contribution in [0.2, 0.25) is 0 Å². The van der Waals surface area contributed by atoms with Gasteiger partial charge in [0.25, 0.3) is 0 Å². The fourth-order valence-corrected chi connectivity index (χ4v) is 2.28. The van der Waals surface area contributed by atoms with Crippen molar-refractivity contribution in [3.8, 4) is 11.4 Å². The zero-order valence-corrected chi connectivity index (χ0v) is 12.1. The minimum atomic E-state index is 0.359. The number of aryl methyl sites for hydroxylation is 2. The third-order valence-corrected chi connectivity index (χ3v) is 3.21. The van der Waals surface area contributed by atoms with Crippen molar-refractivity contribution in [2.24, 2.45) is 5.92 Å². The Labute approximate surface area is 114 Å². The standard InChI is InChI=1S/C16H22N2O/c1-5-14-16(19)15(9-11(2)3)18(17-14)13-8-6-7-12(4)10-13/h6-8,10-11,19H,5,9H2,1-4H3. The molecule has 3 heteroatoms. The molecule has 19 heavy (non-hydrogen) atoms. The molecule has 0 saturated heterocycles. The van der Waals surface area contributed by atoms with E-state index in [1.807, 2.05) is 23.7 Å². The van der Waals surface area contributed by atoms with Gasteiger partial charge in [0.1, 0.15) is 5.69 Å². The second-order valence-corrected chi connectivity index (χ2v) is 5.44. The summed E-state index contributed by atoms with van der Waals surface area (Å²) in [4.78, 5) is 0. The average molecular weight is 258 g/mol. The Morgan fingerprint density at radius 2 is 2.05 bits per heavy atom. The van der Waals surface area contributed by atoms with Gasteiger partial charge in [0.2, 0.25) is 0 Å². The number of aromatic hydroxyl groups is 1. The lowest BCUT2D eigenvalue weighted by molar-refractivity contribution is 0.455. The quantitative estimate of drug-likeness (QED) is 0.909. The minimum absolute atomic E-state index is 0.359. The molecule has 1 N–H and O–H groups in total. The van der Waals surface area contributed by atoms with Crippen LogP contribution in [0.1, 0.15) is 37.7 Å². The lowest BCUT2D eigenvalue weighted by atomic mass is 10.1. The van der Waals surface area contributed by atoms with E-state index in [0.29, 0.717) is 11.7 Å². The molecular formula is C16H22N2O. The molecule has 2 aromatic rings. The molecule has 0 saturated carbocycles. The molecule has 0 aliphatic carbocycles. The molecule has 102 valence electrons. The van der Waals surface area contributed by atoms with Crippen LogP contribution in [0.5, 0.6) is 5.75 Å². The maximum Gasteiger partial charge on any atom is 0.160 e. The van der Waals surface area contributed by atoms with E-state index in [1.54, 1.807) is 0 Å². The zero-order valence-electron chi connectivity index (χ0n) is 12.1. The molecule has 1 aromatic carbocycles. The Balaban J connectivity index is 2.55. The molecule has 0 fully saturated rings. The molecule has 0 aliphatic rings. The highest BCUT2D eigenvalue weighted by atomic mass is 16.3. The lowest BCUT2D eigenvalue weighted by Crippen LogP contribution is -2.05. The monoisotopic (exact) mass is 258 g/mol. The highest BCUT2D eigenvalue weighted by Crippen LogP contribution is 2.28. The van der Waals surface area contributed by atoms with Gasteiger partial charge in [-0.25, -0.2) is 4.68 Å². The number of hydrogen-bond acceptors (Lipinski definition) is 2. The molecule has 0 unspecified atom stereocenters. The van der Waals surface area contributed by atoms with Crippen LogP contribution in [-0.2, 0) is 12.8 Å². The maximum atomic E-state index is 10.3. The molecule has 3 nitrogen and oxygen atoms in total. The number of aromatic nitrogens is 2. The first kappa shape index (κ1) is 13.7. The fourth-order valence-electron chi connectivity index (χ4n) is 2.28. The van der Waals surface area contributed by atoms with Crippen LogP contribution in [0.4, 0.5) is 0 Å². The van der Waals surface area contributed by atoms with E-state index in [1.165, 1.54) is 5.56 Å². The van der Waals surface area contributed by atoms with Crippen LogP contribution in [0.25, 0.3) is 5.69 Å². The summed E-state index contributed by atoms with van der Waals surface area (Å²) in [5.74, 6) is 0.841. The van der Waals surface area contributed by atoms with Crippen molar-refractivity contribution in [1.29, 1.82) is 0 Å². The molecule has 1 heterocycles. The molecule has 1 aromatic heterocycles. The predicted octanol–water partition coefficient (Wildman–Crippen LogP) is 3.65. The van der Waals surface area contributed by atoms with E-state index >= 15 is 0 Å². The SMILES string of the molecule is CCc1nn(-c2cccc(C)c2)c(CC(C)C)c1O. The van der Waals surface area contributed by atoms with Crippen molar-refractivity contribution < 1.29 is 5.11 Å². The number of hydrogen-bond donors (Lipinski definition) is 1. The van der Waals surface area contributed by atoms with Crippen LogP contribution in [0.15, 0.2) is 24.3 Å². The predicted molar refractivity (Wildman–Crippen MR) is 77.9 cm³/mol. The van der Waals surface area contributed by atoms with Crippen molar-refractivity contribution in [3.05, 3.63) is 41.2 Å². The van der Waals surface area contributed by atoms with E-state index in [9.17, 15) is 5.11 Å². The summed E-state index contributed by atoms with van der Waals surface area (Å²) < 4.78 is 1.89. The van der Waals surface area contributed by atoms with Crippen LogP contribution in [-0.4, -0.2) is 14.9 Å². The lowest BCUT2D eigenvalue weighted by Gasteiger charge is -2.10. The summed E-state index contributed by atoms with van der Waals surface area (Å²) in [7, 11) is 0. The van der Waals surface area contributed by atoms with E-state index in [-0.39, 0.29) is 0 Å². The highest BCUT2D eigenvalue weighted by molar-refractivity contribution is 5.42. The number of benzene rings is 1. The summed E-state index contributed by atoms with van der Waals surface area (Å²) >= 11 is 0. The molecule has 0 bridgehead atoms. The van der Waals surface area contributed by atoms with Gasteiger partial charge in [-0.3, -0.25) is 0 Å². The van der Waals surface area contributed by atoms with E-state index in [4.69, 9.17) is 0 Å². The molecular weight excluding hydrogens is 236 g/mol. The highest BCUT2D eigenvalue weighted by Gasteiger charge is 2.18. The Hall–Kier alpha value is -1.77. The molecule has 0 aliphatic heterocycles. The van der Waals surface area contributed by atoms with Gasteiger partial charge in [-0.1, -0.05) is 32.9 Å². The fraction of sp³-hybridized carbons (Fsp3) is 0.438. The van der Waals surface area contributed by atoms with Crippen molar-refractivity contribution in [2.45, 2.75) is 40.5 Å². The molecule has 0 spiro atoms. The Morgan fingerprint density at radius 1 is 1.32 bits per heavy atom. The smallest absolute Gasteiger partial charge is 0.160 e. The average Bonchev–Trinajstić information content (AvgIpc) is 2.66. The third kappa shape index (κ3) is 2.80. The summed E-state index contributed by atoms with van der Waals surface area (Å²) in [5, 5.41) is 14.9. The summed E-state index contributed by atoms with van der Waals surface area (Å²) in [6.07, 6.45) is 1.57. The Morgan fingerprint density at radius 3 is 2.63 bits per heavy atom. The Bertz CT molecular complexity index is 570. The van der Waals surface area contributed by atoms with Gasteiger partial charge in [0, 0.05) is 0 Å². The van der Waals surface area contributed by atoms with E-state index < -0.39 is 0 Å². The van der Waals surface area contributed by atoms with E-state index in [2.05, 4.69) is 38.0 Å². The van der Waals surface area contributed by atoms with Crippen LogP contribution in [0, 0.1) is 12.8 Å². The van der Waals surface area contributed by atoms with Gasteiger partial charge < -0.3 is 5.11 Å². The van der Waals surface area contributed by atoms with Gasteiger partial charge >= 0.3 is 0 Å². The van der Waals surface area contributed by atoms with Crippen molar-refractivity contribution in [2.75, 3.05) is 0 Å². The topological polar surface area (TPSA) is 38.0 Å². The van der Waals surface area contributed by atoms with Gasteiger partial charge in [-0.15, -0.1) is 0 Å².